The molecular weight excluding hydrogens is 365 g/mol. The van der Waals surface area contributed by atoms with Crippen LogP contribution in [-0.2, 0) is 6.54 Å². The lowest BCUT2D eigenvalue weighted by Crippen LogP contribution is -2.17. The summed E-state index contributed by atoms with van der Waals surface area (Å²) in [4.78, 5) is 1.28. The van der Waals surface area contributed by atoms with Crippen LogP contribution in [0.4, 0.5) is 0 Å². The van der Waals surface area contributed by atoms with Crippen molar-refractivity contribution in [3.63, 3.8) is 0 Å². The molecule has 0 saturated carbocycles. The van der Waals surface area contributed by atoms with Gasteiger partial charge in [0.05, 0.1) is 4.34 Å². The van der Waals surface area contributed by atoms with Gasteiger partial charge in [0.1, 0.15) is 0 Å². The highest BCUT2D eigenvalue weighted by Gasteiger charge is 2.07. The Balaban J connectivity index is 1.92. The van der Waals surface area contributed by atoms with E-state index in [4.69, 9.17) is 11.6 Å². The monoisotopic (exact) mass is 377 g/mol. The summed E-state index contributed by atoms with van der Waals surface area (Å²) in [6.45, 7) is 3.04. The van der Waals surface area contributed by atoms with E-state index >= 15 is 0 Å². The molecular formula is C13H13ClINS. The van der Waals surface area contributed by atoms with E-state index in [0.717, 1.165) is 10.9 Å². The van der Waals surface area contributed by atoms with Crippen molar-refractivity contribution in [2.75, 3.05) is 0 Å². The van der Waals surface area contributed by atoms with Crippen LogP contribution in [-0.4, -0.2) is 0 Å². The van der Waals surface area contributed by atoms with E-state index in [2.05, 4.69) is 65.2 Å². The van der Waals surface area contributed by atoms with Crippen LogP contribution in [0.1, 0.15) is 23.4 Å². The largest absolute Gasteiger partial charge is 0.305 e. The summed E-state index contributed by atoms with van der Waals surface area (Å²) < 4.78 is 2.12. The molecule has 1 aromatic carbocycles. The summed E-state index contributed by atoms with van der Waals surface area (Å²) in [6.07, 6.45) is 0. The normalized spacial score (nSPS) is 12.6. The Hall–Kier alpha value is -0.100. The molecule has 1 heterocycles. The van der Waals surface area contributed by atoms with Crippen LogP contribution >= 0.6 is 45.5 Å². The molecule has 0 aliphatic heterocycles. The first-order valence-electron chi connectivity index (χ1n) is 5.38. The summed E-state index contributed by atoms with van der Waals surface area (Å²) >= 11 is 9.88. The first kappa shape index (κ1) is 13.3. The predicted octanol–water partition coefficient (Wildman–Crippen LogP) is 4.86. The van der Waals surface area contributed by atoms with Crippen molar-refractivity contribution in [1.82, 2.24) is 5.32 Å². The van der Waals surface area contributed by atoms with Crippen molar-refractivity contribution < 1.29 is 0 Å². The van der Waals surface area contributed by atoms with Crippen molar-refractivity contribution in [2.45, 2.75) is 19.5 Å². The van der Waals surface area contributed by atoms with E-state index in [1.807, 2.05) is 6.07 Å². The highest BCUT2D eigenvalue weighted by atomic mass is 127. The van der Waals surface area contributed by atoms with Gasteiger partial charge < -0.3 is 5.32 Å². The summed E-state index contributed by atoms with van der Waals surface area (Å²) in [6, 6.07) is 12.9. The molecule has 0 aliphatic carbocycles. The molecule has 0 aliphatic rings. The summed E-state index contributed by atoms with van der Waals surface area (Å²) in [5.74, 6) is 0. The van der Waals surface area contributed by atoms with Crippen LogP contribution in [0.5, 0.6) is 0 Å². The standard InChI is InChI=1S/C13H13ClINS/c1-9(12-6-7-13(14)17-12)16-8-10-2-4-11(15)5-3-10/h2-7,9,16H,8H2,1H3. The van der Waals surface area contributed by atoms with Gasteiger partial charge in [-0.15, -0.1) is 11.3 Å². The molecule has 1 aromatic heterocycles. The molecule has 1 nitrogen and oxygen atoms in total. The predicted molar refractivity (Wildman–Crippen MR) is 83.7 cm³/mol. The molecule has 0 fully saturated rings. The minimum atomic E-state index is 0.340. The Kier molecular flexibility index (Phi) is 4.85. The minimum absolute atomic E-state index is 0.340. The number of rotatable bonds is 4. The van der Waals surface area contributed by atoms with Gasteiger partial charge in [-0.1, -0.05) is 23.7 Å². The summed E-state index contributed by atoms with van der Waals surface area (Å²) in [5.41, 5.74) is 1.31. The van der Waals surface area contributed by atoms with Gasteiger partial charge in [-0.25, -0.2) is 0 Å². The second-order valence-electron chi connectivity index (χ2n) is 3.87. The van der Waals surface area contributed by atoms with Gasteiger partial charge in [0, 0.05) is 21.0 Å². The molecule has 0 bridgehead atoms. The molecule has 0 radical (unpaired) electrons. The van der Waals surface area contributed by atoms with Crippen LogP contribution in [0, 0.1) is 3.57 Å². The van der Waals surface area contributed by atoms with E-state index in [9.17, 15) is 0 Å². The number of nitrogens with one attached hydrogen (secondary N) is 1. The van der Waals surface area contributed by atoms with Crippen LogP contribution in [0.25, 0.3) is 0 Å². The van der Waals surface area contributed by atoms with E-state index in [0.29, 0.717) is 6.04 Å². The van der Waals surface area contributed by atoms with Gasteiger partial charge in [-0.3, -0.25) is 0 Å². The fraction of sp³-hybridized carbons (Fsp3) is 0.231. The third kappa shape index (κ3) is 3.95. The van der Waals surface area contributed by atoms with Crippen LogP contribution in [0.2, 0.25) is 4.34 Å². The molecule has 0 spiro atoms. The van der Waals surface area contributed by atoms with Crippen LogP contribution in [0.15, 0.2) is 36.4 Å². The fourth-order valence-electron chi connectivity index (χ4n) is 1.53. The molecule has 90 valence electrons. The summed E-state index contributed by atoms with van der Waals surface area (Å²) in [7, 11) is 0. The van der Waals surface area contributed by atoms with E-state index < -0.39 is 0 Å². The lowest BCUT2D eigenvalue weighted by Gasteiger charge is -2.12. The number of hydrogen-bond donors (Lipinski definition) is 1. The smallest absolute Gasteiger partial charge is 0.0931 e. The molecule has 4 heteroatoms. The van der Waals surface area contributed by atoms with Crippen molar-refractivity contribution in [3.8, 4) is 0 Å². The van der Waals surface area contributed by atoms with E-state index in [1.54, 1.807) is 11.3 Å². The Morgan fingerprint density at radius 3 is 2.53 bits per heavy atom. The third-order valence-corrected chi connectivity index (χ3v) is 4.68. The highest BCUT2D eigenvalue weighted by molar-refractivity contribution is 14.1. The lowest BCUT2D eigenvalue weighted by atomic mass is 10.2. The number of halogens is 2. The Bertz CT molecular complexity index is 480. The van der Waals surface area contributed by atoms with E-state index in [1.165, 1.54) is 14.0 Å². The second kappa shape index (κ2) is 6.18. The first-order chi connectivity index (χ1) is 8.15. The third-order valence-electron chi connectivity index (χ3n) is 2.55. The second-order valence-corrected chi connectivity index (χ2v) is 6.86. The van der Waals surface area contributed by atoms with Crippen LogP contribution in [0.3, 0.4) is 0 Å². The topological polar surface area (TPSA) is 12.0 Å². The molecule has 1 atom stereocenters. The maximum Gasteiger partial charge on any atom is 0.0931 e. The van der Waals surface area contributed by atoms with Gasteiger partial charge in [0.25, 0.3) is 0 Å². The average molecular weight is 378 g/mol. The van der Waals surface area contributed by atoms with Gasteiger partial charge in [-0.05, 0) is 59.3 Å². The van der Waals surface area contributed by atoms with Gasteiger partial charge in [-0.2, -0.15) is 0 Å². The molecule has 2 aromatic rings. The maximum absolute atomic E-state index is 5.93. The quantitative estimate of drug-likeness (QED) is 0.751. The maximum atomic E-state index is 5.93. The van der Waals surface area contributed by atoms with E-state index in [-0.39, 0.29) is 0 Å². The van der Waals surface area contributed by atoms with Gasteiger partial charge in [0.15, 0.2) is 0 Å². The summed E-state index contributed by atoms with van der Waals surface area (Å²) in [5, 5.41) is 3.50. The van der Waals surface area contributed by atoms with Crippen molar-refractivity contribution in [3.05, 3.63) is 54.7 Å². The Morgan fingerprint density at radius 2 is 1.94 bits per heavy atom. The zero-order valence-electron chi connectivity index (χ0n) is 9.41. The molecule has 1 N–H and O–H groups in total. The molecule has 2 rings (SSSR count). The Labute approximate surface area is 124 Å². The average Bonchev–Trinajstić information content (AvgIpc) is 2.75. The molecule has 0 amide bonds. The minimum Gasteiger partial charge on any atom is -0.305 e. The zero-order valence-corrected chi connectivity index (χ0v) is 13.1. The SMILES string of the molecule is CC(NCc1ccc(I)cc1)c1ccc(Cl)s1. The van der Waals surface area contributed by atoms with Crippen molar-refractivity contribution in [1.29, 1.82) is 0 Å². The Morgan fingerprint density at radius 1 is 1.24 bits per heavy atom. The number of benzene rings is 1. The zero-order chi connectivity index (χ0) is 12.3. The fourth-order valence-corrected chi connectivity index (χ4v) is 2.98. The van der Waals surface area contributed by atoms with Gasteiger partial charge in [0.2, 0.25) is 0 Å². The van der Waals surface area contributed by atoms with Crippen molar-refractivity contribution >= 4 is 45.5 Å². The van der Waals surface area contributed by atoms with Gasteiger partial charge >= 0.3 is 0 Å². The molecule has 17 heavy (non-hydrogen) atoms. The van der Waals surface area contributed by atoms with Crippen molar-refractivity contribution in [2.24, 2.45) is 0 Å². The first-order valence-corrected chi connectivity index (χ1v) is 7.65. The van der Waals surface area contributed by atoms with Crippen LogP contribution < -0.4 is 5.32 Å². The molecule has 1 unspecified atom stereocenters. The highest BCUT2D eigenvalue weighted by Crippen LogP contribution is 2.26. The number of thiophene rings is 1. The lowest BCUT2D eigenvalue weighted by molar-refractivity contribution is 0.583. The molecule has 0 saturated heterocycles. The number of hydrogen-bond acceptors (Lipinski definition) is 2.